The molecule has 0 unspecified atom stereocenters. The normalized spacial score (nSPS) is 11.3. The Morgan fingerprint density at radius 3 is 2.41 bits per heavy atom. The van der Waals surface area contributed by atoms with Gasteiger partial charge in [-0.25, -0.2) is 9.97 Å². The number of hydrogen-bond acceptors (Lipinski definition) is 7. The highest BCUT2D eigenvalue weighted by atomic mass is 16.5. The second-order valence-corrected chi connectivity index (χ2v) is 8.33. The second kappa shape index (κ2) is 11.4. The first kappa shape index (κ1) is 25.5. The van der Waals surface area contributed by atoms with Gasteiger partial charge in [0.15, 0.2) is 11.5 Å². The molecule has 3 N–H and O–H groups in total. The first-order chi connectivity index (χ1) is 17.9. The van der Waals surface area contributed by atoms with Crippen molar-refractivity contribution in [1.82, 2.24) is 20.3 Å². The number of amides is 1. The Morgan fingerprint density at radius 2 is 1.70 bits per heavy atom. The van der Waals surface area contributed by atoms with E-state index in [1.807, 2.05) is 44.3 Å². The van der Waals surface area contributed by atoms with Gasteiger partial charge in [-0.2, -0.15) is 0 Å². The average molecular weight is 503 g/mol. The molecule has 0 saturated heterocycles. The van der Waals surface area contributed by atoms with E-state index in [-0.39, 0.29) is 11.9 Å². The van der Waals surface area contributed by atoms with Crippen molar-refractivity contribution in [2.75, 3.05) is 33.2 Å². The van der Waals surface area contributed by atoms with Gasteiger partial charge in [0, 0.05) is 40.6 Å². The van der Waals surface area contributed by atoms with E-state index in [0.29, 0.717) is 36.0 Å². The first-order valence-corrected chi connectivity index (χ1v) is 11.7. The predicted molar refractivity (Wildman–Crippen MR) is 143 cm³/mol. The number of ether oxygens (including phenoxy) is 3. The zero-order valence-electron chi connectivity index (χ0n) is 21.5. The van der Waals surface area contributed by atoms with Crippen LogP contribution in [0.15, 0.2) is 53.7 Å². The molecular formula is C27H30N6O4. The average Bonchev–Trinajstić information content (AvgIpc) is 3.29. The zero-order valence-corrected chi connectivity index (χ0v) is 21.5. The van der Waals surface area contributed by atoms with E-state index >= 15 is 0 Å². The van der Waals surface area contributed by atoms with Gasteiger partial charge in [-0.15, -0.1) is 0 Å². The fourth-order valence-electron chi connectivity index (χ4n) is 3.93. The number of methoxy groups -OCH3 is 3. The van der Waals surface area contributed by atoms with Gasteiger partial charge in [0.25, 0.3) is 5.91 Å². The Morgan fingerprint density at radius 1 is 0.946 bits per heavy atom. The Hall–Kier alpha value is -4.60. The van der Waals surface area contributed by atoms with E-state index < -0.39 is 0 Å². The molecule has 0 radical (unpaired) electrons. The van der Waals surface area contributed by atoms with Crippen molar-refractivity contribution in [3.05, 3.63) is 71.2 Å². The van der Waals surface area contributed by atoms with Gasteiger partial charge in [-0.3, -0.25) is 20.4 Å². The van der Waals surface area contributed by atoms with E-state index in [0.717, 1.165) is 33.6 Å². The summed E-state index contributed by atoms with van der Waals surface area (Å²) < 4.78 is 16.0. The molecule has 4 rings (SSSR count). The molecular weight excluding hydrogens is 472 g/mol. The lowest BCUT2D eigenvalue weighted by Gasteiger charge is -2.13. The molecule has 0 bridgehead atoms. The molecule has 2 aromatic carbocycles. The molecule has 0 atom stereocenters. The molecule has 192 valence electrons. The third-order valence-electron chi connectivity index (χ3n) is 5.72. The number of aryl methyl sites for hydroxylation is 2. The van der Waals surface area contributed by atoms with Crippen LogP contribution >= 0.6 is 0 Å². The molecule has 0 saturated carbocycles. The summed E-state index contributed by atoms with van der Waals surface area (Å²) in [6.07, 6.45) is 2.60. The summed E-state index contributed by atoms with van der Waals surface area (Å²) in [7, 11) is 4.71. The van der Waals surface area contributed by atoms with Crippen molar-refractivity contribution < 1.29 is 19.0 Å². The largest absolute Gasteiger partial charge is 0.497 e. The van der Waals surface area contributed by atoms with Gasteiger partial charge >= 0.3 is 0 Å². The number of H-pyrrole nitrogens is 1. The number of anilines is 1. The van der Waals surface area contributed by atoms with Crippen LogP contribution in [0.4, 0.5) is 5.95 Å². The summed E-state index contributed by atoms with van der Waals surface area (Å²) in [5.41, 5.74) is 4.09. The number of aromatic amines is 1. The Balaban J connectivity index is 1.57. The summed E-state index contributed by atoms with van der Waals surface area (Å²) >= 11 is 0. The van der Waals surface area contributed by atoms with Crippen molar-refractivity contribution in [2.24, 2.45) is 4.99 Å². The monoisotopic (exact) mass is 502 g/mol. The molecule has 2 aromatic heterocycles. The highest BCUT2D eigenvalue weighted by Crippen LogP contribution is 2.27. The van der Waals surface area contributed by atoms with Gasteiger partial charge in [-0.05, 0) is 68.3 Å². The minimum Gasteiger partial charge on any atom is -0.497 e. The van der Waals surface area contributed by atoms with Crippen LogP contribution in [0.1, 0.15) is 27.3 Å². The first-order valence-electron chi connectivity index (χ1n) is 11.7. The molecule has 0 fully saturated rings. The maximum absolute atomic E-state index is 13.1. The Bertz CT molecular complexity index is 1430. The van der Waals surface area contributed by atoms with Gasteiger partial charge in [0.1, 0.15) is 5.75 Å². The van der Waals surface area contributed by atoms with E-state index in [2.05, 4.69) is 30.6 Å². The van der Waals surface area contributed by atoms with Crippen LogP contribution in [0.5, 0.6) is 17.2 Å². The molecule has 0 spiro atoms. The maximum Gasteiger partial charge on any atom is 0.258 e. The third-order valence-corrected chi connectivity index (χ3v) is 5.72. The van der Waals surface area contributed by atoms with Gasteiger partial charge in [-0.1, -0.05) is 0 Å². The smallest absolute Gasteiger partial charge is 0.258 e. The van der Waals surface area contributed by atoms with Crippen LogP contribution in [0, 0.1) is 13.8 Å². The number of guanidine groups is 1. The lowest BCUT2D eigenvalue weighted by atomic mass is 10.1. The lowest BCUT2D eigenvalue weighted by molar-refractivity contribution is 0.0976. The number of carbonyl (C=O) groups is 1. The Kier molecular flexibility index (Phi) is 7.87. The molecule has 0 aliphatic carbocycles. The number of benzene rings is 2. The van der Waals surface area contributed by atoms with Gasteiger partial charge in [0.2, 0.25) is 11.9 Å². The highest BCUT2D eigenvalue weighted by Gasteiger charge is 2.14. The quantitative estimate of drug-likeness (QED) is 0.245. The van der Waals surface area contributed by atoms with Crippen LogP contribution in [-0.2, 0) is 6.42 Å². The van der Waals surface area contributed by atoms with Crippen LogP contribution in [0.25, 0.3) is 10.9 Å². The van der Waals surface area contributed by atoms with Gasteiger partial charge in [0.05, 0.1) is 21.3 Å². The minimum atomic E-state index is -0.367. The summed E-state index contributed by atoms with van der Waals surface area (Å²) in [5, 5.41) is 6.97. The number of aromatic nitrogens is 3. The number of nitrogens with one attached hydrogen (secondary N) is 3. The van der Waals surface area contributed by atoms with Crippen LogP contribution < -0.4 is 24.8 Å². The molecule has 0 aliphatic rings. The fraction of sp³-hybridized carbons (Fsp3) is 0.259. The second-order valence-electron chi connectivity index (χ2n) is 8.33. The van der Waals surface area contributed by atoms with E-state index in [4.69, 9.17) is 14.2 Å². The topological polar surface area (TPSA) is 123 Å². The Labute approximate surface area is 215 Å². The zero-order chi connectivity index (χ0) is 26.4. The van der Waals surface area contributed by atoms with E-state index in [9.17, 15) is 4.79 Å². The molecule has 0 aliphatic heterocycles. The highest BCUT2D eigenvalue weighted by molar-refractivity contribution is 6.09. The van der Waals surface area contributed by atoms with Crippen LogP contribution in [-0.4, -0.2) is 54.7 Å². The third kappa shape index (κ3) is 6.16. The molecule has 10 heteroatoms. The van der Waals surface area contributed by atoms with Gasteiger partial charge < -0.3 is 19.2 Å². The lowest BCUT2D eigenvalue weighted by Crippen LogP contribution is -2.37. The minimum absolute atomic E-state index is 0.238. The van der Waals surface area contributed by atoms with Crippen LogP contribution in [0.3, 0.4) is 0 Å². The van der Waals surface area contributed by atoms with E-state index in [1.54, 1.807) is 32.4 Å². The number of fused-ring (bicyclic) bond motifs is 1. The predicted octanol–water partition coefficient (Wildman–Crippen LogP) is 4.04. The summed E-state index contributed by atoms with van der Waals surface area (Å²) in [6, 6.07) is 12.7. The molecule has 37 heavy (non-hydrogen) atoms. The van der Waals surface area contributed by atoms with Crippen molar-refractivity contribution >= 4 is 28.7 Å². The number of nitrogens with zero attached hydrogens (tertiary/aromatic N) is 3. The number of aliphatic imine (C=N–C) groups is 1. The number of carbonyl (C=O) groups excluding carboxylic acids is 1. The SMILES string of the molecule is COc1ccc2[nH]cc(CCN=C(NC(=O)c3ccc(OC)c(OC)c3)Nc3nc(C)cc(C)n3)c2c1. The summed E-state index contributed by atoms with van der Waals surface area (Å²) in [4.78, 5) is 29.8. The van der Waals surface area contributed by atoms with Crippen LogP contribution in [0.2, 0.25) is 0 Å². The van der Waals surface area contributed by atoms with Crippen molar-refractivity contribution in [1.29, 1.82) is 0 Å². The number of rotatable bonds is 8. The van der Waals surface area contributed by atoms with Crippen molar-refractivity contribution in [3.8, 4) is 17.2 Å². The van der Waals surface area contributed by atoms with Crippen molar-refractivity contribution in [3.63, 3.8) is 0 Å². The standard InChI is InChI=1S/C27H30N6O4/c1-16-12-17(2)31-27(30-16)33-26(32-25(34)18-6-9-23(36-4)24(13-18)37-5)28-11-10-19-15-29-22-8-7-20(35-3)14-21(19)22/h6-9,12-15,29H,10-11H2,1-5H3,(H2,28,30,31,32,33,34). The summed E-state index contributed by atoms with van der Waals surface area (Å²) in [6.45, 7) is 4.16. The molecule has 1 amide bonds. The molecule has 10 nitrogen and oxygen atoms in total. The van der Waals surface area contributed by atoms with E-state index in [1.165, 1.54) is 7.11 Å². The molecule has 4 aromatic rings. The maximum atomic E-state index is 13.1. The fourth-order valence-corrected chi connectivity index (χ4v) is 3.93. The number of hydrogen-bond donors (Lipinski definition) is 3. The molecule has 2 heterocycles. The van der Waals surface area contributed by atoms with Crippen molar-refractivity contribution in [2.45, 2.75) is 20.3 Å². The summed E-state index contributed by atoms with van der Waals surface area (Å²) in [5.74, 6) is 1.99.